The first-order valence-electron chi connectivity index (χ1n) is 10.4. The zero-order valence-electron chi connectivity index (χ0n) is 17.1. The molecule has 1 aliphatic carbocycles. The smallest absolute Gasteiger partial charge is 0.274 e. The van der Waals surface area contributed by atoms with Crippen molar-refractivity contribution in [3.8, 4) is 0 Å². The first-order valence-corrected chi connectivity index (χ1v) is 10.8. The van der Waals surface area contributed by atoms with E-state index in [1.807, 2.05) is 12.3 Å². The molecule has 0 spiro atoms. The number of H-pyrrole nitrogens is 1. The highest BCUT2D eigenvalue weighted by atomic mass is 35.5. The van der Waals surface area contributed by atoms with Crippen LogP contribution in [0.2, 0.25) is 5.02 Å². The lowest BCUT2D eigenvalue weighted by molar-refractivity contribution is 0.233. The number of hydrogen-bond donors (Lipinski definition) is 1. The molecule has 4 aromatic rings. The minimum absolute atomic E-state index is 0. The summed E-state index contributed by atoms with van der Waals surface area (Å²) in [5, 5.41) is 5.45. The Bertz CT molecular complexity index is 1290. The fourth-order valence-corrected chi connectivity index (χ4v) is 5.18. The van der Waals surface area contributed by atoms with Gasteiger partial charge in [0.25, 0.3) is 5.56 Å². The Morgan fingerprint density at radius 2 is 1.87 bits per heavy atom. The zero-order valence-corrected chi connectivity index (χ0v) is 18.7. The summed E-state index contributed by atoms with van der Waals surface area (Å²) in [6.45, 7) is 2.11. The number of halogens is 3. The van der Waals surface area contributed by atoms with Crippen molar-refractivity contribution in [1.29, 1.82) is 0 Å². The molecule has 2 aromatic carbocycles. The lowest BCUT2D eigenvalue weighted by Crippen LogP contribution is -2.28. The van der Waals surface area contributed by atoms with Gasteiger partial charge in [0.2, 0.25) is 0 Å². The fourth-order valence-electron chi connectivity index (χ4n) is 5.01. The maximum Gasteiger partial charge on any atom is 0.274 e. The molecule has 1 saturated carbocycles. The van der Waals surface area contributed by atoms with Gasteiger partial charge in [0.15, 0.2) is 0 Å². The van der Waals surface area contributed by atoms with Gasteiger partial charge in [-0.3, -0.25) is 14.9 Å². The molecule has 1 unspecified atom stereocenters. The van der Waals surface area contributed by atoms with Crippen molar-refractivity contribution in [3.05, 3.63) is 75.4 Å². The predicted molar refractivity (Wildman–Crippen MR) is 126 cm³/mol. The Hall–Kier alpha value is -2.37. The number of nitrogens with one attached hydrogen (secondary N) is 1. The number of nitrogens with zero attached hydrogens (tertiary/aromatic N) is 2. The molecule has 0 bridgehead atoms. The van der Waals surface area contributed by atoms with E-state index in [4.69, 9.17) is 11.6 Å². The van der Waals surface area contributed by atoms with Crippen molar-refractivity contribution >= 4 is 45.8 Å². The molecule has 4 nitrogen and oxygen atoms in total. The quantitative estimate of drug-likeness (QED) is 0.373. The Morgan fingerprint density at radius 3 is 2.65 bits per heavy atom. The van der Waals surface area contributed by atoms with Gasteiger partial charge >= 0.3 is 0 Å². The molecule has 0 radical (unpaired) electrons. The van der Waals surface area contributed by atoms with Crippen LogP contribution in [0.5, 0.6) is 0 Å². The number of aromatic amines is 1. The van der Waals surface area contributed by atoms with Crippen LogP contribution in [-0.2, 0) is 0 Å². The minimum Gasteiger partial charge on any atom is -0.295 e. The molecule has 5 rings (SSSR count). The summed E-state index contributed by atoms with van der Waals surface area (Å²) in [7, 11) is 0. The lowest BCUT2D eigenvalue weighted by atomic mass is 9.75. The fraction of sp³-hybridized carbons (Fsp3) is 0.333. The highest BCUT2D eigenvalue weighted by Crippen LogP contribution is 2.41. The van der Waals surface area contributed by atoms with E-state index in [1.54, 1.807) is 35.0 Å². The van der Waals surface area contributed by atoms with Crippen molar-refractivity contribution in [3.63, 3.8) is 0 Å². The van der Waals surface area contributed by atoms with E-state index < -0.39 is 0 Å². The van der Waals surface area contributed by atoms with Gasteiger partial charge in [0.05, 0.1) is 22.5 Å². The molecule has 2 heterocycles. The summed E-state index contributed by atoms with van der Waals surface area (Å²) in [5.74, 6) is 0.573. The Balaban J connectivity index is 0.00000231. The Labute approximate surface area is 190 Å². The molecular weight excluding hydrogens is 436 g/mol. The van der Waals surface area contributed by atoms with Crippen LogP contribution in [-0.4, -0.2) is 14.8 Å². The molecule has 0 saturated heterocycles. The SMILES string of the molecule is CC(C1CCC(c2ccnc3ccc(F)cc23)CC1)n1[nH]c2cc(Cl)ccc2c1=O.Cl. The highest BCUT2D eigenvalue weighted by Gasteiger charge is 2.29. The maximum atomic E-state index is 13.8. The summed E-state index contributed by atoms with van der Waals surface area (Å²) in [6.07, 6.45) is 5.90. The van der Waals surface area contributed by atoms with Crippen LogP contribution in [0.1, 0.15) is 50.1 Å². The molecule has 0 amide bonds. The Morgan fingerprint density at radius 1 is 1.10 bits per heavy atom. The van der Waals surface area contributed by atoms with Gasteiger partial charge in [-0.1, -0.05) is 11.6 Å². The number of aromatic nitrogens is 3. The second-order valence-corrected chi connectivity index (χ2v) is 8.83. The number of fused-ring (bicyclic) bond motifs is 2. The summed E-state index contributed by atoms with van der Waals surface area (Å²) in [5.41, 5.74) is 2.81. The normalized spacial score (nSPS) is 20.0. The largest absolute Gasteiger partial charge is 0.295 e. The minimum atomic E-state index is -0.225. The van der Waals surface area contributed by atoms with Gasteiger partial charge in [-0.15, -0.1) is 12.4 Å². The monoisotopic (exact) mass is 459 g/mol. The van der Waals surface area contributed by atoms with Crippen molar-refractivity contribution in [1.82, 2.24) is 14.8 Å². The molecule has 0 aliphatic heterocycles. The predicted octanol–water partition coefficient (Wildman–Crippen LogP) is 6.63. The molecule has 7 heteroatoms. The van der Waals surface area contributed by atoms with Gasteiger partial charge in [-0.05, 0) is 92.5 Å². The Kier molecular flexibility index (Phi) is 6.09. The molecule has 1 atom stereocenters. The first-order chi connectivity index (χ1) is 14.5. The van der Waals surface area contributed by atoms with Gasteiger partial charge < -0.3 is 0 Å². The van der Waals surface area contributed by atoms with Crippen LogP contribution in [0.15, 0.2) is 53.5 Å². The van der Waals surface area contributed by atoms with Crippen LogP contribution in [0.3, 0.4) is 0 Å². The van der Waals surface area contributed by atoms with E-state index in [-0.39, 0.29) is 29.8 Å². The lowest BCUT2D eigenvalue weighted by Gasteiger charge is -2.33. The molecule has 31 heavy (non-hydrogen) atoms. The standard InChI is InChI=1S/C24H23ClFN3O.ClH/c1-14(29-24(30)20-8-6-17(25)12-23(20)28-29)15-2-4-16(5-3-15)19-10-11-27-22-9-7-18(26)13-21(19)22;/h6-16,28H,2-5H2,1H3;1H. The van der Waals surface area contributed by atoms with Gasteiger partial charge in [-0.2, -0.15) is 0 Å². The van der Waals surface area contributed by atoms with Crippen molar-refractivity contribution in [2.24, 2.45) is 5.92 Å². The van der Waals surface area contributed by atoms with Crippen LogP contribution in [0, 0.1) is 11.7 Å². The maximum absolute atomic E-state index is 13.8. The number of benzene rings is 2. The third kappa shape index (κ3) is 3.97. The highest BCUT2D eigenvalue weighted by molar-refractivity contribution is 6.31. The van der Waals surface area contributed by atoms with E-state index in [0.717, 1.165) is 42.1 Å². The summed E-state index contributed by atoms with van der Waals surface area (Å²) < 4.78 is 15.6. The topological polar surface area (TPSA) is 50.7 Å². The molecule has 1 fully saturated rings. The summed E-state index contributed by atoms with van der Waals surface area (Å²) >= 11 is 6.07. The average molecular weight is 460 g/mol. The number of rotatable bonds is 3. The van der Waals surface area contributed by atoms with E-state index in [2.05, 4.69) is 17.0 Å². The van der Waals surface area contributed by atoms with Crippen LogP contribution in [0.4, 0.5) is 4.39 Å². The van der Waals surface area contributed by atoms with Crippen molar-refractivity contribution in [2.75, 3.05) is 0 Å². The third-order valence-corrected chi connectivity index (χ3v) is 6.95. The third-order valence-electron chi connectivity index (χ3n) is 6.71. The van der Waals surface area contributed by atoms with E-state index >= 15 is 0 Å². The van der Waals surface area contributed by atoms with Crippen molar-refractivity contribution < 1.29 is 4.39 Å². The van der Waals surface area contributed by atoms with Gasteiger partial charge in [0, 0.05) is 16.6 Å². The first kappa shape index (κ1) is 21.8. The van der Waals surface area contributed by atoms with Crippen molar-refractivity contribution in [2.45, 2.75) is 44.6 Å². The zero-order chi connectivity index (χ0) is 20.8. The second-order valence-electron chi connectivity index (χ2n) is 8.39. The summed E-state index contributed by atoms with van der Waals surface area (Å²) in [6, 6.07) is 12.2. The van der Waals surface area contributed by atoms with Crippen LogP contribution >= 0.6 is 24.0 Å². The second kappa shape index (κ2) is 8.64. The van der Waals surface area contributed by atoms with E-state index in [1.165, 1.54) is 11.6 Å². The molecule has 1 N–H and O–H groups in total. The number of pyridine rings is 1. The molecular formula is C24H24Cl2FN3O. The summed E-state index contributed by atoms with van der Waals surface area (Å²) in [4.78, 5) is 17.2. The van der Waals surface area contributed by atoms with Crippen LogP contribution in [0.25, 0.3) is 21.8 Å². The van der Waals surface area contributed by atoms with Gasteiger partial charge in [-0.25, -0.2) is 9.07 Å². The van der Waals surface area contributed by atoms with E-state index in [0.29, 0.717) is 22.2 Å². The van der Waals surface area contributed by atoms with Crippen LogP contribution < -0.4 is 5.56 Å². The van der Waals surface area contributed by atoms with Gasteiger partial charge in [0.1, 0.15) is 5.82 Å². The molecule has 162 valence electrons. The molecule has 2 aromatic heterocycles. The average Bonchev–Trinajstić information content (AvgIpc) is 3.08. The molecule has 1 aliphatic rings. The van der Waals surface area contributed by atoms with E-state index in [9.17, 15) is 9.18 Å². The number of hydrogen-bond acceptors (Lipinski definition) is 2.